The molecule has 0 spiro atoms. The molecular weight excluding hydrogens is 436 g/mol. The molecule has 0 aliphatic heterocycles. The molecule has 0 bridgehead atoms. The lowest BCUT2D eigenvalue weighted by molar-refractivity contribution is -0.146. The first-order valence-electron chi connectivity index (χ1n) is 11.7. The number of rotatable bonds is 8. The Labute approximate surface area is 198 Å². The zero-order chi connectivity index (χ0) is 24.1. The molecule has 2 aliphatic rings. The molecule has 4 N–H and O–H groups in total. The van der Waals surface area contributed by atoms with Crippen molar-refractivity contribution < 1.29 is 29.3 Å². The maximum atomic E-state index is 12.9. The fourth-order valence-electron chi connectivity index (χ4n) is 5.07. The molecule has 2 amide bonds. The predicted octanol–water partition coefficient (Wildman–Crippen LogP) is 3.04. The van der Waals surface area contributed by atoms with Gasteiger partial charge in [0, 0.05) is 12.5 Å². The molecule has 1 unspecified atom stereocenters. The second-order valence-corrected chi connectivity index (χ2v) is 9.08. The Morgan fingerprint density at radius 2 is 1.53 bits per heavy atom. The highest BCUT2D eigenvalue weighted by molar-refractivity contribution is 5.84. The number of carbonyl (C=O) groups excluding carboxylic acids is 2. The predicted molar refractivity (Wildman–Crippen MR) is 125 cm³/mol. The number of aliphatic carboxylic acids is 1. The summed E-state index contributed by atoms with van der Waals surface area (Å²) in [6.07, 6.45) is 1.56. The van der Waals surface area contributed by atoms with Crippen LogP contribution in [0.15, 0.2) is 48.5 Å². The average Bonchev–Trinajstić information content (AvgIpc) is 3.18. The lowest BCUT2D eigenvalue weighted by Crippen LogP contribution is -2.51. The maximum absolute atomic E-state index is 12.9. The lowest BCUT2D eigenvalue weighted by atomic mass is 9.73. The van der Waals surface area contributed by atoms with E-state index in [0.717, 1.165) is 41.5 Å². The number of carboxylic acids is 1. The first kappa shape index (κ1) is 23.8. The van der Waals surface area contributed by atoms with Gasteiger partial charge in [-0.15, -0.1) is 0 Å². The Morgan fingerprint density at radius 3 is 2.12 bits per heavy atom. The van der Waals surface area contributed by atoms with E-state index in [4.69, 9.17) is 9.84 Å². The van der Waals surface area contributed by atoms with Gasteiger partial charge in [-0.2, -0.15) is 0 Å². The summed E-state index contributed by atoms with van der Waals surface area (Å²) in [5.41, 5.74) is 3.69. The van der Waals surface area contributed by atoms with E-state index in [9.17, 15) is 19.5 Å². The SMILES string of the molecule is O=C(NCC1(C(=O)NCC(O)C(=O)O)CCCCC1)OCC1c2ccccc2-c2ccccc21. The molecule has 0 radical (unpaired) electrons. The maximum Gasteiger partial charge on any atom is 0.407 e. The monoisotopic (exact) mass is 466 g/mol. The van der Waals surface area contributed by atoms with Crippen LogP contribution in [0, 0.1) is 5.41 Å². The first-order valence-corrected chi connectivity index (χ1v) is 11.7. The molecule has 2 aromatic carbocycles. The number of benzene rings is 2. The van der Waals surface area contributed by atoms with E-state index in [2.05, 4.69) is 22.8 Å². The summed E-state index contributed by atoms with van der Waals surface area (Å²) in [5.74, 6) is -1.80. The molecule has 0 heterocycles. The van der Waals surface area contributed by atoms with E-state index < -0.39 is 23.6 Å². The minimum absolute atomic E-state index is 0.0532. The molecule has 1 saturated carbocycles. The van der Waals surface area contributed by atoms with E-state index in [1.807, 2.05) is 36.4 Å². The van der Waals surface area contributed by atoms with Crippen molar-refractivity contribution in [2.24, 2.45) is 5.41 Å². The molecule has 2 aromatic rings. The van der Waals surface area contributed by atoms with Crippen LogP contribution in [-0.2, 0) is 14.3 Å². The zero-order valence-electron chi connectivity index (χ0n) is 19.0. The number of nitrogens with one attached hydrogen (secondary N) is 2. The van der Waals surface area contributed by atoms with Crippen molar-refractivity contribution in [1.82, 2.24) is 10.6 Å². The van der Waals surface area contributed by atoms with Crippen LogP contribution in [-0.4, -0.2) is 54.0 Å². The van der Waals surface area contributed by atoms with Crippen molar-refractivity contribution in [3.8, 4) is 11.1 Å². The molecular formula is C26H30N2O6. The van der Waals surface area contributed by atoms with Crippen molar-refractivity contribution >= 4 is 18.0 Å². The largest absolute Gasteiger partial charge is 0.479 e. The van der Waals surface area contributed by atoms with Crippen LogP contribution in [0.2, 0.25) is 0 Å². The van der Waals surface area contributed by atoms with Gasteiger partial charge in [-0.25, -0.2) is 9.59 Å². The summed E-state index contributed by atoms with van der Waals surface area (Å²) < 4.78 is 5.59. The highest BCUT2D eigenvalue weighted by Crippen LogP contribution is 2.44. The van der Waals surface area contributed by atoms with E-state index in [1.54, 1.807) is 0 Å². The molecule has 2 aliphatic carbocycles. The lowest BCUT2D eigenvalue weighted by Gasteiger charge is -2.36. The van der Waals surface area contributed by atoms with Crippen molar-refractivity contribution in [3.05, 3.63) is 59.7 Å². The summed E-state index contributed by atoms with van der Waals surface area (Å²) >= 11 is 0. The molecule has 8 heteroatoms. The number of amides is 2. The van der Waals surface area contributed by atoms with Gasteiger partial charge < -0.3 is 25.6 Å². The molecule has 1 atom stereocenters. The van der Waals surface area contributed by atoms with Crippen LogP contribution in [0.4, 0.5) is 4.79 Å². The van der Waals surface area contributed by atoms with Crippen molar-refractivity contribution in [2.75, 3.05) is 19.7 Å². The number of carboxylic acid groups (broad SMARTS) is 1. The van der Waals surface area contributed by atoms with E-state index in [1.165, 1.54) is 0 Å². The van der Waals surface area contributed by atoms with Crippen molar-refractivity contribution in [1.29, 1.82) is 0 Å². The van der Waals surface area contributed by atoms with Gasteiger partial charge in [-0.05, 0) is 35.1 Å². The van der Waals surface area contributed by atoms with E-state index >= 15 is 0 Å². The number of aliphatic hydroxyl groups excluding tert-OH is 1. The van der Waals surface area contributed by atoms with Crippen molar-refractivity contribution in [3.63, 3.8) is 0 Å². The number of carbonyl (C=O) groups is 3. The topological polar surface area (TPSA) is 125 Å². The normalized spacial score (nSPS) is 17.2. The zero-order valence-corrected chi connectivity index (χ0v) is 19.0. The standard InChI is InChI=1S/C26H30N2O6/c29-22(23(30)31)14-27-24(32)26(12-6-1-7-13-26)16-28-25(33)34-15-21-19-10-4-2-8-17(19)18-9-3-5-11-20(18)21/h2-5,8-11,21-22,29H,1,6-7,12-16H2,(H,27,32)(H,28,33)(H,30,31). The van der Waals surface area contributed by atoms with Gasteiger partial charge in [0.05, 0.1) is 12.0 Å². The smallest absolute Gasteiger partial charge is 0.407 e. The van der Waals surface area contributed by atoms with Crippen LogP contribution in [0.25, 0.3) is 11.1 Å². The fourth-order valence-corrected chi connectivity index (χ4v) is 5.07. The second kappa shape index (κ2) is 10.3. The number of hydrogen-bond acceptors (Lipinski definition) is 5. The summed E-state index contributed by atoms with van der Waals surface area (Å²) in [6, 6.07) is 16.2. The second-order valence-electron chi connectivity index (χ2n) is 9.08. The molecule has 180 valence electrons. The summed E-state index contributed by atoms with van der Waals surface area (Å²) in [5, 5.41) is 23.6. The van der Waals surface area contributed by atoms with Crippen LogP contribution in [0.5, 0.6) is 0 Å². The fraction of sp³-hybridized carbons (Fsp3) is 0.423. The highest BCUT2D eigenvalue weighted by atomic mass is 16.5. The molecule has 0 saturated heterocycles. The summed E-state index contributed by atoms with van der Waals surface area (Å²) in [4.78, 5) is 36.3. The van der Waals surface area contributed by atoms with Gasteiger partial charge in [0.15, 0.2) is 6.10 Å². The van der Waals surface area contributed by atoms with E-state index in [-0.39, 0.29) is 31.5 Å². The minimum Gasteiger partial charge on any atom is -0.479 e. The van der Waals surface area contributed by atoms with Gasteiger partial charge >= 0.3 is 12.1 Å². The average molecular weight is 467 g/mol. The number of aliphatic hydroxyl groups is 1. The van der Waals surface area contributed by atoms with Crippen LogP contribution in [0.1, 0.15) is 49.1 Å². The molecule has 34 heavy (non-hydrogen) atoms. The van der Waals surface area contributed by atoms with E-state index in [0.29, 0.717) is 12.8 Å². The quantitative estimate of drug-likeness (QED) is 0.474. The van der Waals surface area contributed by atoms with Crippen LogP contribution in [0.3, 0.4) is 0 Å². The van der Waals surface area contributed by atoms with Gasteiger partial charge in [0.1, 0.15) is 6.61 Å². The van der Waals surface area contributed by atoms with Crippen molar-refractivity contribution in [2.45, 2.75) is 44.1 Å². The number of ether oxygens (including phenoxy) is 1. The Bertz CT molecular complexity index is 1020. The Morgan fingerprint density at radius 1 is 0.941 bits per heavy atom. The highest BCUT2D eigenvalue weighted by Gasteiger charge is 2.40. The third kappa shape index (κ3) is 4.92. The molecule has 1 fully saturated rings. The van der Waals surface area contributed by atoms with Crippen LogP contribution >= 0.6 is 0 Å². The van der Waals surface area contributed by atoms with Gasteiger partial charge in [0.25, 0.3) is 0 Å². The van der Waals surface area contributed by atoms with Gasteiger partial charge in [-0.1, -0.05) is 67.8 Å². The number of alkyl carbamates (subject to hydrolysis) is 1. The minimum atomic E-state index is -1.67. The third-order valence-electron chi connectivity index (χ3n) is 6.95. The Kier molecular flexibility index (Phi) is 7.17. The number of fused-ring (bicyclic) bond motifs is 3. The molecule has 0 aromatic heterocycles. The first-order chi connectivity index (χ1) is 16.4. The molecule has 8 nitrogen and oxygen atoms in total. The third-order valence-corrected chi connectivity index (χ3v) is 6.95. The summed E-state index contributed by atoms with van der Waals surface area (Å²) in [7, 11) is 0. The Balaban J connectivity index is 1.37. The molecule has 4 rings (SSSR count). The Hall–Kier alpha value is -3.39. The van der Waals surface area contributed by atoms with Gasteiger partial charge in [0.2, 0.25) is 5.91 Å². The van der Waals surface area contributed by atoms with Crippen LogP contribution < -0.4 is 10.6 Å². The number of hydrogen-bond donors (Lipinski definition) is 4. The van der Waals surface area contributed by atoms with Gasteiger partial charge in [-0.3, -0.25) is 4.79 Å². The summed E-state index contributed by atoms with van der Waals surface area (Å²) in [6.45, 7) is -0.0939.